The number of nitrogens with zero attached hydrogens (tertiary/aromatic N) is 1. The number of aryl methyl sites for hydroxylation is 1. The van der Waals surface area contributed by atoms with Crippen LogP contribution < -0.4 is 10.0 Å². The predicted octanol–water partition coefficient (Wildman–Crippen LogP) is 3.64. The molecule has 1 aliphatic heterocycles. The molecule has 0 radical (unpaired) electrons. The van der Waals surface area contributed by atoms with Gasteiger partial charge < -0.3 is 5.32 Å². The van der Waals surface area contributed by atoms with Gasteiger partial charge in [-0.05, 0) is 41.1 Å². The molecule has 0 fully saturated rings. The van der Waals surface area contributed by atoms with E-state index in [4.69, 9.17) is 0 Å². The van der Waals surface area contributed by atoms with Gasteiger partial charge in [-0.1, -0.05) is 55.8 Å². The first-order valence-corrected chi connectivity index (χ1v) is 12.4. The first-order chi connectivity index (χ1) is 15.0. The number of fused-ring (bicyclic) bond motifs is 1. The van der Waals surface area contributed by atoms with E-state index < -0.39 is 10.0 Å². The Morgan fingerprint density at radius 1 is 1.10 bits per heavy atom. The van der Waals surface area contributed by atoms with Crippen molar-refractivity contribution in [3.8, 4) is 0 Å². The first kappa shape index (κ1) is 21.3. The van der Waals surface area contributed by atoms with Crippen LogP contribution in [0.15, 0.2) is 75.9 Å². The van der Waals surface area contributed by atoms with Gasteiger partial charge in [0, 0.05) is 10.4 Å². The normalized spacial score (nSPS) is 16.5. The zero-order chi connectivity index (χ0) is 21.8. The summed E-state index contributed by atoms with van der Waals surface area (Å²) in [7, 11) is -3.62. The number of hydrogen-bond acceptors (Lipinski definition) is 5. The Morgan fingerprint density at radius 3 is 2.58 bits per heavy atom. The van der Waals surface area contributed by atoms with Crippen LogP contribution >= 0.6 is 11.3 Å². The highest BCUT2D eigenvalue weighted by Gasteiger charge is 2.30. The molecule has 3 aromatic rings. The molecule has 6 nitrogen and oxygen atoms in total. The van der Waals surface area contributed by atoms with Gasteiger partial charge in [0.15, 0.2) is 0 Å². The number of hydrogen-bond donors (Lipinski definition) is 2. The number of rotatable bonds is 7. The summed E-state index contributed by atoms with van der Waals surface area (Å²) < 4.78 is 26.8. The zero-order valence-corrected chi connectivity index (χ0v) is 18.7. The lowest BCUT2D eigenvalue weighted by molar-refractivity contribution is -0.120. The summed E-state index contributed by atoms with van der Waals surface area (Å²) in [5, 5.41) is 5.02. The van der Waals surface area contributed by atoms with E-state index in [2.05, 4.69) is 34.1 Å². The van der Waals surface area contributed by atoms with Gasteiger partial charge in [0.25, 0.3) is 10.0 Å². The monoisotopic (exact) mass is 453 g/mol. The van der Waals surface area contributed by atoms with Crippen molar-refractivity contribution in [3.63, 3.8) is 0 Å². The maximum atomic E-state index is 12.7. The standard InChI is InChI=1S/C23H23N3O3S2/c1-2-6-16-10-12-17(13-11-16)22(19-8-5-14-30-19)25-21(27)15-24-23-18-7-3-4-9-20(18)31(28,29)26-23/h3-5,7-14,22H,2,6,15H2,1H3,(H,24,26)(H,25,27). The molecule has 2 heterocycles. The van der Waals surface area contributed by atoms with Crippen molar-refractivity contribution in [2.75, 3.05) is 6.54 Å². The molecule has 1 atom stereocenters. The number of aliphatic imine (C=N–C) groups is 1. The van der Waals surface area contributed by atoms with Crippen LogP contribution in [-0.2, 0) is 21.2 Å². The van der Waals surface area contributed by atoms with E-state index in [0.29, 0.717) is 5.56 Å². The van der Waals surface area contributed by atoms with Crippen molar-refractivity contribution in [1.82, 2.24) is 10.0 Å². The van der Waals surface area contributed by atoms with Gasteiger partial charge in [-0.3, -0.25) is 14.5 Å². The molecular weight excluding hydrogens is 430 g/mol. The van der Waals surface area contributed by atoms with E-state index in [1.165, 1.54) is 11.6 Å². The summed E-state index contributed by atoms with van der Waals surface area (Å²) in [6.07, 6.45) is 2.10. The van der Waals surface area contributed by atoms with Crippen LogP contribution in [0.2, 0.25) is 0 Å². The van der Waals surface area contributed by atoms with Crippen molar-refractivity contribution < 1.29 is 13.2 Å². The number of carbonyl (C=O) groups excluding carboxylic acids is 1. The topological polar surface area (TPSA) is 87.6 Å². The summed E-state index contributed by atoms with van der Waals surface area (Å²) in [6, 6.07) is 18.5. The second kappa shape index (κ2) is 9.03. The minimum absolute atomic E-state index is 0.179. The SMILES string of the molecule is CCCc1ccc(C(NC(=O)CN=C2NS(=O)(=O)c3ccccc32)c2cccs2)cc1. The predicted molar refractivity (Wildman–Crippen MR) is 123 cm³/mol. The molecule has 1 unspecified atom stereocenters. The van der Waals surface area contributed by atoms with Crippen LogP contribution in [0.25, 0.3) is 0 Å². The lowest BCUT2D eigenvalue weighted by Crippen LogP contribution is -2.31. The van der Waals surface area contributed by atoms with Crippen LogP contribution in [0.1, 0.15) is 41.0 Å². The van der Waals surface area contributed by atoms with Crippen LogP contribution in [0.4, 0.5) is 0 Å². The third kappa shape index (κ3) is 4.70. The fourth-order valence-electron chi connectivity index (χ4n) is 3.55. The van der Waals surface area contributed by atoms with E-state index in [1.54, 1.807) is 29.5 Å². The van der Waals surface area contributed by atoms with E-state index in [1.807, 2.05) is 29.6 Å². The summed E-state index contributed by atoms with van der Waals surface area (Å²) >= 11 is 1.57. The first-order valence-electron chi connectivity index (χ1n) is 10.1. The summed E-state index contributed by atoms with van der Waals surface area (Å²) in [5.74, 6) is -0.0885. The van der Waals surface area contributed by atoms with Crippen LogP contribution in [0.3, 0.4) is 0 Å². The molecule has 8 heteroatoms. The van der Waals surface area contributed by atoms with Crippen molar-refractivity contribution in [2.45, 2.75) is 30.7 Å². The molecule has 0 bridgehead atoms. The van der Waals surface area contributed by atoms with E-state index in [-0.39, 0.29) is 29.2 Å². The van der Waals surface area contributed by atoms with Gasteiger partial charge in [-0.2, -0.15) is 0 Å². The van der Waals surface area contributed by atoms with Crippen LogP contribution in [0, 0.1) is 0 Å². The van der Waals surface area contributed by atoms with E-state index in [0.717, 1.165) is 23.3 Å². The highest BCUT2D eigenvalue weighted by atomic mass is 32.2. The number of nitrogens with one attached hydrogen (secondary N) is 2. The Balaban J connectivity index is 1.52. The molecule has 2 aromatic carbocycles. The number of carbonyl (C=O) groups is 1. The van der Waals surface area contributed by atoms with E-state index in [9.17, 15) is 13.2 Å². The number of thiophene rings is 1. The Hall–Kier alpha value is -2.97. The fraction of sp³-hybridized carbons (Fsp3) is 0.217. The summed E-state index contributed by atoms with van der Waals surface area (Å²) in [4.78, 5) is 18.2. The smallest absolute Gasteiger partial charge is 0.263 e. The quantitative estimate of drug-likeness (QED) is 0.572. The summed E-state index contributed by atoms with van der Waals surface area (Å²) in [6.45, 7) is 1.97. The number of amidine groups is 1. The molecule has 0 aliphatic carbocycles. The molecule has 160 valence electrons. The molecule has 4 rings (SSSR count). The zero-order valence-electron chi connectivity index (χ0n) is 17.0. The average molecular weight is 454 g/mol. The van der Waals surface area contributed by atoms with Crippen LogP contribution in [0.5, 0.6) is 0 Å². The van der Waals surface area contributed by atoms with Gasteiger partial charge >= 0.3 is 0 Å². The minimum Gasteiger partial charge on any atom is -0.343 e. The number of benzene rings is 2. The Bertz CT molecular complexity index is 1200. The maximum absolute atomic E-state index is 12.7. The number of sulfonamides is 1. The lowest BCUT2D eigenvalue weighted by Gasteiger charge is -2.18. The molecule has 1 amide bonds. The third-order valence-electron chi connectivity index (χ3n) is 5.03. The minimum atomic E-state index is -3.62. The summed E-state index contributed by atoms with van der Waals surface area (Å²) in [5.41, 5.74) is 2.74. The number of amides is 1. The van der Waals surface area contributed by atoms with Gasteiger partial charge in [-0.25, -0.2) is 8.42 Å². The van der Waals surface area contributed by atoms with Crippen molar-refractivity contribution in [1.29, 1.82) is 0 Å². The van der Waals surface area contributed by atoms with Crippen molar-refractivity contribution in [2.24, 2.45) is 4.99 Å². The Labute approximate surface area is 186 Å². The van der Waals surface area contributed by atoms with Gasteiger partial charge in [0.05, 0.1) is 10.9 Å². The highest BCUT2D eigenvalue weighted by Crippen LogP contribution is 2.27. The van der Waals surface area contributed by atoms with Gasteiger partial charge in [0.2, 0.25) is 5.91 Å². The van der Waals surface area contributed by atoms with Crippen molar-refractivity contribution in [3.05, 3.63) is 87.6 Å². The molecular formula is C23H23N3O3S2. The fourth-order valence-corrected chi connectivity index (χ4v) is 5.60. The largest absolute Gasteiger partial charge is 0.343 e. The molecule has 0 spiro atoms. The molecule has 0 saturated carbocycles. The Morgan fingerprint density at radius 2 is 1.87 bits per heavy atom. The van der Waals surface area contributed by atoms with E-state index >= 15 is 0 Å². The second-order valence-corrected chi connectivity index (χ2v) is 9.90. The molecule has 1 aliphatic rings. The van der Waals surface area contributed by atoms with Crippen molar-refractivity contribution >= 4 is 33.1 Å². The van der Waals surface area contributed by atoms with Crippen LogP contribution in [-0.4, -0.2) is 26.7 Å². The Kier molecular flexibility index (Phi) is 6.20. The molecule has 1 aromatic heterocycles. The third-order valence-corrected chi connectivity index (χ3v) is 7.36. The second-order valence-electron chi connectivity index (χ2n) is 7.27. The molecule has 2 N–H and O–H groups in total. The maximum Gasteiger partial charge on any atom is 0.263 e. The molecule has 31 heavy (non-hydrogen) atoms. The van der Waals surface area contributed by atoms with Gasteiger partial charge in [-0.15, -0.1) is 11.3 Å². The highest BCUT2D eigenvalue weighted by molar-refractivity contribution is 7.90. The lowest BCUT2D eigenvalue weighted by atomic mass is 10.0. The molecule has 0 saturated heterocycles. The van der Waals surface area contributed by atoms with Gasteiger partial charge in [0.1, 0.15) is 12.4 Å². The average Bonchev–Trinajstić information content (AvgIpc) is 3.38.